The number of amides is 3. The molecule has 3 N–H and O–H groups in total. The van der Waals surface area contributed by atoms with E-state index in [-0.39, 0.29) is 18.0 Å². The number of carbonyl (C=O) groups is 3. The molecule has 0 aliphatic heterocycles. The summed E-state index contributed by atoms with van der Waals surface area (Å²) in [6.07, 6.45) is 1.55. The van der Waals surface area contributed by atoms with Gasteiger partial charge in [0, 0.05) is 30.3 Å². The highest BCUT2D eigenvalue weighted by Crippen LogP contribution is 2.18. The van der Waals surface area contributed by atoms with E-state index in [4.69, 9.17) is 5.11 Å². The second kappa shape index (κ2) is 7.37. The van der Waals surface area contributed by atoms with Crippen molar-refractivity contribution in [3.05, 3.63) is 24.0 Å². The fraction of sp³-hybridized carbons (Fsp3) is 0.273. The Bertz CT molecular complexity index is 493. The number of carbonyl (C=O) groups excluding carboxylic acids is 2. The number of urea groups is 1. The molecule has 0 spiro atoms. The Balaban J connectivity index is 2.41. The molecule has 0 aromatic carbocycles. The Hall–Kier alpha value is -2.09. The van der Waals surface area contributed by atoms with Crippen LogP contribution in [0.1, 0.15) is 16.9 Å². The minimum atomic E-state index is -1.10. The number of thioether (sulfide) groups is 1. The van der Waals surface area contributed by atoms with Gasteiger partial charge in [-0.15, -0.1) is 11.8 Å². The molecule has 1 aromatic rings. The number of aromatic carboxylic acids is 1. The van der Waals surface area contributed by atoms with Crippen molar-refractivity contribution in [3.63, 3.8) is 0 Å². The highest BCUT2D eigenvalue weighted by molar-refractivity contribution is 7.99. The summed E-state index contributed by atoms with van der Waals surface area (Å²) in [4.78, 5) is 37.2. The van der Waals surface area contributed by atoms with Crippen LogP contribution in [0.15, 0.2) is 23.2 Å². The van der Waals surface area contributed by atoms with Crippen molar-refractivity contribution < 1.29 is 19.5 Å². The molecule has 8 heteroatoms. The Labute approximate surface area is 113 Å². The molecule has 0 saturated heterocycles. The molecular weight excluding hydrogens is 270 g/mol. The molecule has 1 heterocycles. The predicted octanol–water partition coefficient (Wildman–Crippen LogP) is 0.718. The number of aromatic nitrogens is 1. The topological polar surface area (TPSA) is 108 Å². The van der Waals surface area contributed by atoms with Gasteiger partial charge in [0.05, 0.1) is 0 Å². The Morgan fingerprint density at radius 3 is 2.79 bits per heavy atom. The first-order valence-electron chi connectivity index (χ1n) is 5.36. The van der Waals surface area contributed by atoms with E-state index >= 15 is 0 Å². The second-order valence-corrected chi connectivity index (χ2v) is 4.58. The van der Waals surface area contributed by atoms with Gasteiger partial charge in [0.15, 0.2) is 0 Å². The molecule has 0 aliphatic carbocycles. The summed E-state index contributed by atoms with van der Waals surface area (Å²) in [7, 11) is 1.42. The molecule has 0 unspecified atom stereocenters. The molecule has 3 amide bonds. The van der Waals surface area contributed by atoms with Gasteiger partial charge < -0.3 is 10.4 Å². The van der Waals surface area contributed by atoms with E-state index in [2.05, 4.69) is 15.6 Å². The molecule has 1 aromatic heterocycles. The lowest BCUT2D eigenvalue weighted by atomic mass is 10.3. The molecule has 1 rings (SSSR count). The number of hydrogen-bond donors (Lipinski definition) is 3. The first-order chi connectivity index (χ1) is 9.02. The van der Waals surface area contributed by atoms with Crippen LogP contribution in [-0.4, -0.2) is 40.8 Å². The van der Waals surface area contributed by atoms with Gasteiger partial charge in [0.1, 0.15) is 5.69 Å². The fourth-order valence-electron chi connectivity index (χ4n) is 1.13. The van der Waals surface area contributed by atoms with Crippen LogP contribution in [0.5, 0.6) is 0 Å². The van der Waals surface area contributed by atoms with E-state index in [1.54, 1.807) is 6.07 Å². The summed E-state index contributed by atoms with van der Waals surface area (Å²) in [6, 6.07) is 2.55. The molecule has 0 radical (unpaired) electrons. The number of carboxylic acids is 1. The number of imide groups is 1. The summed E-state index contributed by atoms with van der Waals surface area (Å²) in [6.45, 7) is 0. The summed E-state index contributed by atoms with van der Waals surface area (Å²) in [5.74, 6) is -1.05. The fourth-order valence-corrected chi connectivity index (χ4v) is 2.01. The zero-order chi connectivity index (χ0) is 14.3. The van der Waals surface area contributed by atoms with Crippen LogP contribution in [0.3, 0.4) is 0 Å². The van der Waals surface area contributed by atoms with Gasteiger partial charge in [0.2, 0.25) is 5.91 Å². The minimum Gasteiger partial charge on any atom is -0.477 e. The Morgan fingerprint density at radius 2 is 2.16 bits per heavy atom. The first kappa shape index (κ1) is 15.0. The number of pyridine rings is 1. The second-order valence-electron chi connectivity index (χ2n) is 3.41. The third-order valence-corrected chi connectivity index (χ3v) is 3.02. The van der Waals surface area contributed by atoms with Crippen LogP contribution in [0, 0.1) is 0 Å². The summed E-state index contributed by atoms with van der Waals surface area (Å²) >= 11 is 1.32. The molecule has 0 atom stereocenters. The summed E-state index contributed by atoms with van der Waals surface area (Å²) in [5, 5.41) is 13.2. The molecule has 102 valence electrons. The standard InChI is InChI=1S/C11H13N3O4S/c1-12-11(18)14-9(15)3-5-19-7-2-4-13-8(6-7)10(16)17/h2,4,6H,3,5H2,1H3,(H,16,17)(H2,12,14,15,18). The lowest BCUT2D eigenvalue weighted by Gasteiger charge is -2.03. The van der Waals surface area contributed by atoms with Gasteiger partial charge in [-0.1, -0.05) is 0 Å². The summed E-state index contributed by atoms with van der Waals surface area (Å²) in [5.41, 5.74) is -0.0418. The van der Waals surface area contributed by atoms with E-state index in [1.807, 2.05) is 0 Å². The van der Waals surface area contributed by atoms with E-state index in [0.29, 0.717) is 10.6 Å². The van der Waals surface area contributed by atoms with Gasteiger partial charge in [-0.05, 0) is 12.1 Å². The lowest BCUT2D eigenvalue weighted by Crippen LogP contribution is -2.37. The smallest absolute Gasteiger partial charge is 0.354 e. The van der Waals surface area contributed by atoms with Crippen molar-refractivity contribution >= 4 is 29.7 Å². The maximum Gasteiger partial charge on any atom is 0.354 e. The maximum absolute atomic E-state index is 11.3. The van der Waals surface area contributed by atoms with Crippen molar-refractivity contribution in [2.24, 2.45) is 0 Å². The zero-order valence-electron chi connectivity index (χ0n) is 10.2. The van der Waals surface area contributed by atoms with Gasteiger partial charge in [-0.25, -0.2) is 14.6 Å². The van der Waals surface area contributed by atoms with Gasteiger partial charge >= 0.3 is 12.0 Å². The highest BCUT2D eigenvalue weighted by Gasteiger charge is 2.08. The molecule has 19 heavy (non-hydrogen) atoms. The first-order valence-corrected chi connectivity index (χ1v) is 6.35. The zero-order valence-corrected chi connectivity index (χ0v) is 11.0. The lowest BCUT2D eigenvalue weighted by molar-refractivity contribution is -0.119. The van der Waals surface area contributed by atoms with Crippen LogP contribution >= 0.6 is 11.8 Å². The van der Waals surface area contributed by atoms with E-state index in [0.717, 1.165) is 0 Å². The molecule has 0 saturated carbocycles. The molecular formula is C11H13N3O4S. The monoisotopic (exact) mass is 283 g/mol. The van der Waals surface area contributed by atoms with Gasteiger partial charge in [-0.3, -0.25) is 10.1 Å². The molecule has 0 fully saturated rings. The van der Waals surface area contributed by atoms with E-state index in [1.165, 1.54) is 31.1 Å². The third-order valence-electron chi connectivity index (χ3n) is 2.03. The van der Waals surface area contributed by atoms with Gasteiger partial charge in [-0.2, -0.15) is 0 Å². The van der Waals surface area contributed by atoms with Crippen LogP contribution in [-0.2, 0) is 4.79 Å². The number of rotatable bonds is 5. The number of carboxylic acid groups (broad SMARTS) is 1. The number of nitrogens with one attached hydrogen (secondary N) is 2. The highest BCUT2D eigenvalue weighted by atomic mass is 32.2. The minimum absolute atomic E-state index is 0.0418. The van der Waals surface area contributed by atoms with Crippen molar-refractivity contribution in [2.45, 2.75) is 11.3 Å². The number of nitrogens with zero attached hydrogens (tertiary/aromatic N) is 1. The average molecular weight is 283 g/mol. The SMILES string of the molecule is CNC(=O)NC(=O)CCSc1ccnc(C(=O)O)c1. The van der Waals surface area contributed by atoms with Crippen LogP contribution in [0.25, 0.3) is 0 Å². The maximum atomic E-state index is 11.3. The van der Waals surface area contributed by atoms with Crippen molar-refractivity contribution in [1.29, 1.82) is 0 Å². The summed E-state index contributed by atoms with van der Waals surface area (Å²) < 4.78 is 0. The van der Waals surface area contributed by atoms with E-state index < -0.39 is 12.0 Å². The van der Waals surface area contributed by atoms with Crippen molar-refractivity contribution in [3.8, 4) is 0 Å². The Morgan fingerprint density at radius 1 is 1.42 bits per heavy atom. The molecule has 0 aliphatic rings. The van der Waals surface area contributed by atoms with Gasteiger partial charge in [0.25, 0.3) is 0 Å². The quantitative estimate of drug-likeness (QED) is 0.687. The largest absolute Gasteiger partial charge is 0.477 e. The molecule has 7 nitrogen and oxygen atoms in total. The number of hydrogen-bond acceptors (Lipinski definition) is 5. The van der Waals surface area contributed by atoms with E-state index in [9.17, 15) is 14.4 Å². The van der Waals surface area contributed by atoms with Crippen LogP contribution in [0.2, 0.25) is 0 Å². The van der Waals surface area contributed by atoms with Crippen LogP contribution in [0.4, 0.5) is 4.79 Å². The van der Waals surface area contributed by atoms with Crippen molar-refractivity contribution in [1.82, 2.24) is 15.6 Å². The Kier molecular flexibility index (Phi) is 5.80. The normalized spacial score (nSPS) is 9.74. The van der Waals surface area contributed by atoms with Crippen molar-refractivity contribution in [2.75, 3.05) is 12.8 Å². The average Bonchev–Trinajstić information content (AvgIpc) is 2.38. The predicted molar refractivity (Wildman–Crippen MR) is 69.1 cm³/mol. The van der Waals surface area contributed by atoms with Crippen LogP contribution < -0.4 is 10.6 Å². The third kappa shape index (κ3) is 5.38. The molecule has 0 bridgehead atoms.